The fourth-order valence-electron chi connectivity index (χ4n) is 4.65. The van der Waals surface area contributed by atoms with Gasteiger partial charge in [0, 0.05) is 6.07 Å². The molecular weight excluding hydrogens is 502 g/mol. The molecule has 0 amide bonds. The van der Waals surface area contributed by atoms with E-state index in [2.05, 4.69) is 20.8 Å². The van der Waals surface area contributed by atoms with Gasteiger partial charge in [0.2, 0.25) is 0 Å². The average molecular weight is 532 g/mol. The van der Waals surface area contributed by atoms with E-state index in [9.17, 15) is 18.5 Å². The predicted octanol–water partition coefficient (Wildman–Crippen LogP) is 5.51. The van der Waals surface area contributed by atoms with Gasteiger partial charge in [0.15, 0.2) is 9.84 Å². The molecule has 0 heterocycles. The highest BCUT2D eigenvalue weighted by molar-refractivity contribution is 7.90. The van der Waals surface area contributed by atoms with Crippen molar-refractivity contribution < 1.29 is 17.8 Å². The maximum Gasteiger partial charge on any atom is 0.319 e. The Balaban J connectivity index is 1.88. The van der Waals surface area contributed by atoms with E-state index in [1.165, 1.54) is 24.3 Å². The molecule has 8 heteroatoms. The van der Waals surface area contributed by atoms with Crippen molar-refractivity contribution in [1.29, 1.82) is 0 Å². The number of nitro groups is 1. The molecule has 0 N–H and O–H groups in total. The first kappa shape index (κ1) is 26.3. The molecule has 0 spiro atoms. The van der Waals surface area contributed by atoms with Crippen LogP contribution in [0.1, 0.15) is 26.3 Å². The van der Waals surface area contributed by atoms with E-state index < -0.39 is 23.1 Å². The van der Waals surface area contributed by atoms with E-state index in [0.717, 1.165) is 10.4 Å². The topological polar surface area (TPSA) is 86.5 Å². The third-order valence-corrected chi connectivity index (χ3v) is 13.0. The van der Waals surface area contributed by atoms with Crippen LogP contribution in [0.3, 0.4) is 0 Å². The largest absolute Gasteiger partial charge is 0.534 e. The van der Waals surface area contributed by atoms with Gasteiger partial charge in [0.05, 0.1) is 21.6 Å². The number of hydrogen-bond donors (Lipinski definition) is 0. The van der Waals surface area contributed by atoms with Crippen LogP contribution in [0.5, 0.6) is 5.75 Å². The molecule has 190 valence electrons. The summed E-state index contributed by atoms with van der Waals surface area (Å²) < 4.78 is 33.1. The fourth-order valence-corrected chi connectivity index (χ4v) is 10.4. The van der Waals surface area contributed by atoms with Gasteiger partial charge in [-0.1, -0.05) is 99.6 Å². The summed E-state index contributed by atoms with van der Waals surface area (Å²) >= 11 is 0. The summed E-state index contributed by atoms with van der Waals surface area (Å²) in [5.41, 5.74) is 0.0830. The maximum atomic E-state index is 13.1. The molecule has 0 aliphatic heterocycles. The first-order valence-corrected chi connectivity index (χ1v) is 15.5. The van der Waals surface area contributed by atoms with Crippen molar-refractivity contribution in [2.75, 3.05) is 0 Å². The molecule has 0 aliphatic carbocycles. The zero-order chi connectivity index (χ0) is 26.7. The Hall–Kier alpha value is -3.75. The predicted molar refractivity (Wildman–Crippen MR) is 149 cm³/mol. The number of benzene rings is 4. The van der Waals surface area contributed by atoms with Crippen molar-refractivity contribution in [2.24, 2.45) is 0 Å². The van der Waals surface area contributed by atoms with E-state index in [4.69, 9.17) is 4.43 Å². The molecular formula is C29H29NO5SSi. The average Bonchev–Trinajstić information content (AvgIpc) is 2.87. The van der Waals surface area contributed by atoms with Crippen molar-refractivity contribution in [3.63, 3.8) is 0 Å². The number of nitrogens with zero attached hydrogens (tertiary/aromatic N) is 1. The van der Waals surface area contributed by atoms with Crippen molar-refractivity contribution >= 4 is 34.2 Å². The van der Waals surface area contributed by atoms with Gasteiger partial charge in [-0.05, 0) is 39.2 Å². The second-order valence-corrected chi connectivity index (χ2v) is 16.1. The van der Waals surface area contributed by atoms with Crippen LogP contribution in [0, 0.1) is 10.1 Å². The molecule has 0 atom stereocenters. The lowest BCUT2D eigenvalue weighted by molar-refractivity contribution is -0.385. The number of non-ortho nitro benzene ring substituents is 1. The smallest absolute Gasteiger partial charge is 0.319 e. The Kier molecular flexibility index (Phi) is 7.34. The van der Waals surface area contributed by atoms with Gasteiger partial charge in [0.25, 0.3) is 5.69 Å². The summed E-state index contributed by atoms with van der Waals surface area (Å²) in [5, 5.41) is 13.5. The minimum Gasteiger partial charge on any atom is -0.534 e. The lowest BCUT2D eigenvalue weighted by Crippen LogP contribution is -2.68. The molecule has 0 saturated carbocycles. The highest BCUT2D eigenvalue weighted by atomic mass is 32.2. The van der Waals surface area contributed by atoms with Crippen LogP contribution in [-0.2, 0) is 15.6 Å². The first-order valence-electron chi connectivity index (χ1n) is 11.9. The second kappa shape index (κ2) is 10.3. The maximum absolute atomic E-state index is 13.1. The van der Waals surface area contributed by atoms with Gasteiger partial charge < -0.3 is 4.43 Å². The summed E-state index contributed by atoms with van der Waals surface area (Å²) in [5.74, 6) is -0.0998. The summed E-state index contributed by atoms with van der Waals surface area (Å²) in [7, 11) is -6.78. The Bertz CT molecular complexity index is 1450. The molecule has 0 aromatic heterocycles. The Morgan fingerprint density at radius 2 is 1.27 bits per heavy atom. The Morgan fingerprint density at radius 1 is 0.784 bits per heavy atom. The molecule has 0 aliphatic rings. The van der Waals surface area contributed by atoms with Gasteiger partial charge in [-0.15, -0.1) is 0 Å². The standard InChI is InChI=1S/C29H29NO5SSi/c1-29(2,3)37(27-15-9-5-10-16-27,28-17-11-6-12-18-28)35-25-20-23(19-24(21-25)30(31)32)22-36(33,34)26-13-7-4-8-14-26/h4-21H,22H2,1-3H3. The highest BCUT2D eigenvalue weighted by Gasteiger charge is 2.52. The van der Waals surface area contributed by atoms with Gasteiger partial charge in [0.1, 0.15) is 5.75 Å². The monoisotopic (exact) mass is 531 g/mol. The van der Waals surface area contributed by atoms with E-state index in [1.807, 2.05) is 60.7 Å². The molecule has 6 nitrogen and oxygen atoms in total. The van der Waals surface area contributed by atoms with Crippen molar-refractivity contribution in [3.05, 3.63) is 125 Å². The van der Waals surface area contributed by atoms with Gasteiger partial charge in [-0.2, -0.15) is 0 Å². The molecule has 0 bridgehead atoms. The summed E-state index contributed by atoms with van der Waals surface area (Å²) in [4.78, 5) is 11.5. The molecule has 37 heavy (non-hydrogen) atoms. The third-order valence-electron chi connectivity index (χ3n) is 6.31. The molecule has 4 rings (SSSR count). The van der Waals surface area contributed by atoms with Crippen LogP contribution in [0.4, 0.5) is 5.69 Å². The zero-order valence-electron chi connectivity index (χ0n) is 21.0. The second-order valence-electron chi connectivity index (χ2n) is 9.93. The van der Waals surface area contributed by atoms with E-state index >= 15 is 0 Å². The summed E-state index contributed by atoms with van der Waals surface area (Å²) in [6, 6.07) is 32.2. The van der Waals surface area contributed by atoms with Gasteiger partial charge >= 0.3 is 8.32 Å². The van der Waals surface area contributed by atoms with E-state index in [0.29, 0.717) is 5.56 Å². The van der Waals surface area contributed by atoms with Crippen molar-refractivity contribution in [3.8, 4) is 5.75 Å². The molecule has 4 aromatic carbocycles. The molecule has 0 saturated heterocycles. The van der Waals surface area contributed by atoms with Crippen LogP contribution < -0.4 is 14.8 Å². The van der Waals surface area contributed by atoms with Gasteiger partial charge in [-0.3, -0.25) is 10.1 Å². The quantitative estimate of drug-likeness (QED) is 0.170. The lowest BCUT2D eigenvalue weighted by Gasteiger charge is -2.43. The Labute approximate surface area is 218 Å². The number of hydrogen-bond acceptors (Lipinski definition) is 5. The Morgan fingerprint density at radius 3 is 1.73 bits per heavy atom. The van der Waals surface area contributed by atoms with Crippen LogP contribution in [0.2, 0.25) is 5.04 Å². The number of nitro benzene ring substituents is 1. The first-order chi connectivity index (χ1) is 17.5. The summed E-state index contributed by atoms with van der Waals surface area (Å²) in [6.45, 7) is 6.33. The number of rotatable bonds is 8. The third kappa shape index (κ3) is 5.50. The van der Waals surface area contributed by atoms with Crippen LogP contribution in [-0.4, -0.2) is 21.7 Å². The van der Waals surface area contributed by atoms with Crippen LogP contribution in [0.15, 0.2) is 114 Å². The molecule has 0 radical (unpaired) electrons. The van der Waals surface area contributed by atoms with Crippen molar-refractivity contribution in [1.82, 2.24) is 0 Å². The molecule has 4 aromatic rings. The van der Waals surface area contributed by atoms with Crippen molar-refractivity contribution in [2.45, 2.75) is 36.5 Å². The van der Waals surface area contributed by atoms with Gasteiger partial charge in [-0.25, -0.2) is 8.42 Å². The van der Waals surface area contributed by atoms with E-state index in [-0.39, 0.29) is 27.1 Å². The normalized spacial score (nSPS) is 12.2. The van der Waals surface area contributed by atoms with Crippen LogP contribution >= 0.6 is 0 Å². The minimum atomic E-state index is -3.72. The fraction of sp³-hybridized carbons (Fsp3) is 0.172. The molecule has 0 fully saturated rings. The summed E-state index contributed by atoms with van der Waals surface area (Å²) in [6.07, 6.45) is 0. The van der Waals surface area contributed by atoms with Crippen LogP contribution in [0.25, 0.3) is 0 Å². The lowest BCUT2D eigenvalue weighted by atomic mass is 10.2. The number of sulfone groups is 1. The highest BCUT2D eigenvalue weighted by Crippen LogP contribution is 2.38. The van der Waals surface area contributed by atoms with E-state index in [1.54, 1.807) is 24.3 Å². The minimum absolute atomic E-state index is 0.163. The molecule has 0 unspecified atom stereocenters. The SMILES string of the molecule is CC(C)(C)[Si](Oc1cc(CS(=O)(=O)c2ccccc2)cc([N+](=O)[O-])c1)(c1ccccc1)c1ccccc1. The zero-order valence-corrected chi connectivity index (χ0v) is 22.8.